The van der Waals surface area contributed by atoms with Crippen molar-refractivity contribution in [3.63, 3.8) is 0 Å². The molecule has 216 valence electrons. The predicted molar refractivity (Wildman–Crippen MR) is 170 cm³/mol. The first-order valence-electron chi connectivity index (χ1n) is 13.8. The lowest BCUT2D eigenvalue weighted by Crippen LogP contribution is -2.42. The number of rotatable bonds is 7. The molecule has 2 amide bonds. The topological polar surface area (TPSA) is 67.2 Å². The lowest BCUT2D eigenvalue weighted by atomic mass is 9.99. The number of nitrogens with one attached hydrogen (secondary N) is 1. The first-order chi connectivity index (χ1) is 20.9. The van der Waals surface area contributed by atoms with Crippen molar-refractivity contribution in [2.24, 2.45) is 0 Å². The van der Waals surface area contributed by atoms with Crippen LogP contribution in [-0.4, -0.2) is 33.9 Å². The van der Waals surface area contributed by atoms with Crippen molar-refractivity contribution in [2.75, 3.05) is 17.2 Å². The Morgan fingerprint density at radius 1 is 0.977 bits per heavy atom. The van der Waals surface area contributed by atoms with E-state index in [0.717, 1.165) is 33.5 Å². The first kappa shape index (κ1) is 28.7. The number of hydrogen-bond donors (Lipinski definition) is 1. The molecule has 6 nitrogen and oxygen atoms in total. The van der Waals surface area contributed by atoms with Crippen LogP contribution in [0, 0.1) is 12.7 Å². The summed E-state index contributed by atoms with van der Waals surface area (Å²) in [7, 11) is 0. The van der Waals surface area contributed by atoms with Crippen LogP contribution in [0.3, 0.4) is 0 Å². The van der Waals surface area contributed by atoms with Crippen LogP contribution >= 0.6 is 23.4 Å². The Morgan fingerprint density at radius 3 is 2.40 bits per heavy atom. The lowest BCUT2D eigenvalue weighted by Gasteiger charge is -2.23. The zero-order valence-corrected chi connectivity index (χ0v) is 24.9. The van der Waals surface area contributed by atoms with E-state index >= 15 is 0 Å². The second-order valence-corrected chi connectivity index (χ2v) is 11.8. The number of aromatic nitrogens is 2. The molecule has 0 radical (unpaired) electrons. The van der Waals surface area contributed by atoms with E-state index in [0.29, 0.717) is 16.5 Å². The zero-order valence-electron chi connectivity index (χ0n) is 23.3. The minimum atomic E-state index is -0.345. The van der Waals surface area contributed by atoms with Gasteiger partial charge in [-0.3, -0.25) is 14.5 Å². The molecular formula is C34H28ClFN4O2S. The molecule has 1 unspecified atom stereocenters. The number of halogens is 2. The average molecular weight is 611 g/mol. The summed E-state index contributed by atoms with van der Waals surface area (Å²) in [6.45, 7) is 2.00. The maximum Gasteiger partial charge on any atom is 0.240 e. The summed E-state index contributed by atoms with van der Waals surface area (Å²) in [4.78, 5) is 28.8. The van der Waals surface area contributed by atoms with Gasteiger partial charge < -0.3 is 5.32 Å². The molecule has 9 heteroatoms. The molecule has 6 rings (SSSR count). The molecule has 0 saturated carbocycles. The van der Waals surface area contributed by atoms with E-state index in [9.17, 15) is 14.0 Å². The molecule has 1 N–H and O–H groups in total. The van der Waals surface area contributed by atoms with Crippen LogP contribution in [0.25, 0.3) is 16.9 Å². The van der Waals surface area contributed by atoms with E-state index in [1.54, 1.807) is 16.8 Å². The molecule has 1 atom stereocenters. The number of thioether (sulfide) groups is 1. The highest BCUT2D eigenvalue weighted by Gasteiger charge is 2.38. The molecule has 2 heterocycles. The molecule has 5 aromatic rings. The van der Waals surface area contributed by atoms with Crippen LogP contribution in [0.1, 0.15) is 27.5 Å². The van der Waals surface area contributed by atoms with Crippen molar-refractivity contribution >= 4 is 41.0 Å². The van der Waals surface area contributed by atoms with E-state index in [1.165, 1.54) is 28.8 Å². The highest BCUT2D eigenvalue weighted by atomic mass is 35.5. The summed E-state index contributed by atoms with van der Waals surface area (Å²) in [5, 5.41) is 8.25. The Morgan fingerprint density at radius 2 is 1.67 bits per heavy atom. The van der Waals surface area contributed by atoms with Gasteiger partial charge in [-0.2, -0.15) is 5.10 Å². The fourth-order valence-corrected chi connectivity index (χ4v) is 6.67. The number of hydrogen-bond acceptors (Lipinski definition) is 4. The molecule has 43 heavy (non-hydrogen) atoms. The van der Waals surface area contributed by atoms with Gasteiger partial charge in [0.2, 0.25) is 11.8 Å². The van der Waals surface area contributed by atoms with Crippen molar-refractivity contribution in [2.45, 2.75) is 18.7 Å². The number of anilines is 1. The third kappa shape index (κ3) is 6.07. The Balaban J connectivity index is 1.50. The smallest absolute Gasteiger partial charge is 0.240 e. The second-order valence-electron chi connectivity index (χ2n) is 10.3. The van der Waals surface area contributed by atoms with Gasteiger partial charge in [0, 0.05) is 22.7 Å². The number of fused-ring (bicyclic) bond motifs is 1. The van der Waals surface area contributed by atoms with Crippen molar-refractivity contribution in [1.82, 2.24) is 15.1 Å². The Labute approximate surface area is 258 Å². The highest BCUT2D eigenvalue weighted by molar-refractivity contribution is 8.00. The Kier molecular flexibility index (Phi) is 8.31. The summed E-state index contributed by atoms with van der Waals surface area (Å²) in [6.07, 6.45) is 0. The SMILES string of the molecule is Cc1ccc(-n2nc(-c3ccccc3)c3c2N(CC(=O)NCc2ccc(F)cc2)C(=O)CSC3c2ccccc2Cl)cc1. The van der Waals surface area contributed by atoms with Gasteiger partial charge in [0.05, 0.1) is 22.4 Å². The van der Waals surface area contributed by atoms with E-state index in [1.807, 2.05) is 85.8 Å². The number of carbonyl (C=O) groups is 2. The summed E-state index contributed by atoms with van der Waals surface area (Å²) < 4.78 is 15.1. The number of nitrogens with zero attached hydrogens (tertiary/aromatic N) is 3. The quantitative estimate of drug-likeness (QED) is 0.213. The third-order valence-corrected chi connectivity index (χ3v) is 8.89. The molecule has 0 spiro atoms. The summed E-state index contributed by atoms with van der Waals surface area (Å²) in [5.74, 6) is -0.243. The van der Waals surface area contributed by atoms with Gasteiger partial charge in [0.25, 0.3) is 0 Å². The van der Waals surface area contributed by atoms with E-state index in [-0.39, 0.29) is 41.7 Å². The highest BCUT2D eigenvalue weighted by Crippen LogP contribution is 2.49. The monoisotopic (exact) mass is 610 g/mol. The fourth-order valence-electron chi connectivity index (χ4n) is 5.13. The van der Waals surface area contributed by atoms with Gasteiger partial charge in [-0.25, -0.2) is 9.07 Å². The maximum atomic E-state index is 13.9. The molecule has 4 aromatic carbocycles. The minimum Gasteiger partial charge on any atom is -0.350 e. The molecule has 0 saturated heterocycles. The Hall–Kier alpha value is -4.40. The van der Waals surface area contributed by atoms with Crippen molar-refractivity contribution in [3.05, 3.63) is 136 Å². The van der Waals surface area contributed by atoms with Crippen LogP contribution in [-0.2, 0) is 16.1 Å². The largest absolute Gasteiger partial charge is 0.350 e. The van der Waals surface area contributed by atoms with Crippen molar-refractivity contribution < 1.29 is 14.0 Å². The molecule has 1 aromatic heterocycles. The average Bonchev–Trinajstić information content (AvgIpc) is 3.35. The van der Waals surface area contributed by atoms with E-state index < -0.39 is 0 Å². The maximum absolute atomic E-state index is 13.9. The van der Waals surface area contributed by atoms with Gasteiger partial charge in [-0.15, -0.1) is 11.8 Å². The zero-order chi connectivity index (χ0) is 29.9. The predicted octanol–water partition coefficient (Wildman–Crippen LogP) is 7.13. The molecule has 0 aliphatic carbocycles. The molecule has 1 aliphatic rings. The number of amides is 2. The van der Waals surface area contributed by atoms with Crippen molar-refractivity contribution in [3.8, 4) is 16.9 Å². The Bertz CT molecular complexity index is 1780. The van der Waals surface area contributed by atoms with Gasteiger partial charge in [-0.05, 0) is 48.4 Å². The summed E-state index contributed by atoms with van der Waals surface area (Å²) in [6, 6.07) is 31.3. The van der Waals surface area contributed by atoms with E-state index in [4.69, 9.17) is 16.7 Å². The third-order valence-electron chi connectivity index (χ3n) is 7.31. The number of carbonyl (C=O) groups excluding carboxylic acids is 2. The first-order valence-corrected chi connectivity index (χ1v) is 15.2. The molecule has 0 bridgehead atoms. The molecule has 1 aliphatic heterocycles. The molecular weight excluding hydrogens is 583 g/mol. The minimum absolute atomic E-state index is 0.137. The van der Waals surface area contributed by atoms with Crippen LogP contribution in [0.15, 0.2) is 103 Å². The van der Waals surface area contributed by atoms with Gasteiger partial charge in [-0.1, -0.05) is 90.0 Å². The van der Waals surface area contributed by atoms with Crippen LogP contribution in [0.4, 0.5) is 10.2 Å². The van der Waals surface area contributed by atoms with Gasteiger partial charge >= 0.3 is 0 Å². The fraction of sp³-hybridized carbons (Fsp3) is 0.147. The van der Waals surface area contributed by atoms with E-state index in [2.05, 4.69) is 5.32 Å². The van der Waals surface area contributed by atoms with Gasteiger partial charge in [0.1, 0.15) is 18.2 Å². The molecule has 0 fully saturated rings. The lowest BCUT2D eigenvalue weighted by molar-refractivity contribution is -0.123. The standard InChI is InChI=1S/C34H28ClFN4O2S/c1-22-11-17-26(18-12-22)40-34-31(32(38-40)24-7-3-2-4-8-24)33(27-9-5-6-10-28(27)35)43-21-30(42)39(34)20-29(41)37-19-23-13-15-25(36)16-14-23/h2-18,33H,19-21H2,1H3,(H,37,41). The van der Waals surface area contributed by atoms with Crippen LogP contribution in [0.2, 0.25) is 5.02 Å². The van der Waals surface area contributed by atoms with Gasteiger partial charge in [0.15, 0.2) is 0 Å². The summed E-state index contributed by atoms with van der Waals surface area (Å²) >= 11 is 8.22. The normalized spacial score (nSPS) is 14.7. The van der Waals surface area contributed by atoms with Crippen LogP contribution in [0.5, 0.6) is 0 Å². The second kappa shape index (κ2) is 12.5. The van der Waals surface area contributed by atoms with Crippen LogP contribution < -0.4 is 10.2 Å². The number of benzene rings is 4. The summed E-state index contributed by atoms with van der Waals surface area (Å²) in [5.41, 5.74) is 5.87. The number of aryl methyl sites for hydroxylation is 1. The van der Waals surface area contributed by atoms with Crippen molar-refractivity contribution in [1.29, 1.82) is 0 Å².